The summed E-state index contributed by atoms with van der Waals surface area (Å²) < 4.78 is 2.12. The van der Waals surface area contributed by atoms with Crippen molar-refractivity contribution in [3.05, 3.63) is 41.7 Å². The first-order valence-electron chi connectivity index (χ1n) is 10.4. The summed E-state index contributed by atoms with van der Waals surface area (Å²) in [5, 5.41) is 5.03. The van der Waals surface area contributed by atoms with Crippen LogP contribution in [0.4, 0.5) is 11.5 Å². The van der Waals surface area contributed by atoms with E-state index >= 15 is 0 Å². The molecule has 5 heteroatoms. The van der Waals surface area contributed by atoms with Crippen molar-refractivity contribution < 1.29 is 0 Å². The second-order valence-electron chi connectivity index (χ2n) is 7.60. The van der Waals surface area contributed by atoms with Gasteiger partial charge in [-0.25, -0.2) is 9.50 Å². The third-order valence-corrected chi connectivity index (χ3v) is 5.17. The van der Waals surface area contributed by atoms with E-state index in [2.05, 4.69) is 66.4 Å². The molecule has 0 atom stereocenters. The Bertz CT molecular complexity index is 936. The molecule has 0 aliphatic heterocycles. The topological polar surface area (TPSA) is 36.7 Å². The van der Waals surface area contributed by atoms with Gasteiger partial charge in [-0.2, -0.15) is 5.10 Å². The van der Waals surface area contributed by atoms with Crippen molar-refractivity contribution >= 4 is 17.0 Å². The summed E-state index contributed by atoms with van der Waals surface area (Å²) in [6.07, 6.45) is 5.17. The molecule has 0 aromatic carbocycles. The van der Waals surface area contributed by atoms with Gasteiger partial charge >= 0.3 is 0 Å². The van der Waals surface area contributed by atoms with E-state index in [9.17, 15) is 0 Å². The summed E-state index contributed by atoms with van der Waals surface area (Å²) in [5.74, 6) is 0.973. The molecule has 3 aromatic heterocycles. The lowest BCUT2D eigenvalue weighted by Gasteiger charge is -2.24. The zero-order valence-electron chi connectivity index (χ0n) is 18.2. The summed E-state index contributed by atoms with van der Waals surface area (Å²) in [7, 11) is 4.04. The second-order valence-corrected chi connectivity index (χ2v) is 7.60. The zero-order valence-corrected chi connectivity index (χ0v) is 18.2. The average molecular weight is 380 g/mol. The monoisotopic (exact) mass is 379 g/mol. The molecule has 0 saturated heterocycles. The van der Waals surface area contributed by atoms with Gasteiger partial charge in [0.15, 0.2) is 0 Å². The Morgan fingerprint density at radius 2 is 1.75 bits per heavy atom. The highest BCUT2D eigenvalue weighted by Gasteiger charge is 2.19. The number of pyridine rings is 2. The molecule has 3 aromatic rings. The van der Waals surface area contributed by atoms with E-state index in [1.54, 1.807) is 0 Å². The number of anilines is 2. The van der Waals surface area contributed by atoms with Crippen LogP contribution in [0.2, 0.25) is 0 Å². The number of nitrogens with zero attached hydrogens (tertiary/aromatic N) is 5. The molecule has 3 rings (SSSR count). The smallest absolute Gasteiger partial charge is 0.128 e. The van der Waals surface area contributed by atoms with Crippen molar-refractivity contribution in [3.8, 4) is 11.3 Å². The molecule has 0 saturated carbocycles. The maximum atomic E-state index is 5.03. The average Bonchev–Trinajstić information content (AvgIpc) is 3.06. The molecule has 150 valence electrons. The van der Waals surface area contributed by atoms with Gasteiger partial charge in [-0.3, -0.25) is 0 Å². The number of hydrogen-bond donors (Lipinski definition) is 0. The van der Waals surface area contributed by atoms with Gasteiger partial charge in [0, 0.05) is 38.9 Å². The molecule has 3 heterocycles. The van der Waals surface area contributed by atoms with E-state index < -0.39 is 0 Å². The SMILES string of the molecule is CCCN(CCC)c1c(CC)nn2c(-c3cnc(N(C)C)cc3C)cccc12. The molecule has 0 N–H and O–H groups in total. The maximum Gasteiger partial charge on any atom is 0.128 e. The Morgan fingerprint density at radius 1 is 1.04 bits per heavy atom. The predicted octanol–water partition coefficient (Wildman–Crippen LogP) is 4.96. The fourth-order valence-corrected chi connectivity index (χ4v) is 3.82. The molecule has 0 radical (unpaired) electrons. The highest BCUT2D eigenvalue weighted by molar-refractivity contribution is 5.79. The third-order valence-electron chi connectivity index (χ3n) is 5.17. The minimum absolute atomic E-state index is 0.928. The van der Waals surface area contributed by atoms with Crippen molar-refractivity contribution in [2.45, 2.75) is 47.0 Å². The Labute approximate surface area is 169 Å². The molecule has 5 nitrogen and oxygen atoms in total. The van der Waals surface area contributed by atoms with E-state index in [0.29, 0.717) is 0 Å². The number of aryl methyl sites for hydroxylation is 2. The molecule has 0 aliphatic carbocycles. The Morgan fingerprint density at radius 3 is 2.32 bits per heavy atom. The summed E-state index contributed by atoms with van der Waals surface area (Å²) in [4.78, 5) is 9.18. The van der Waals surface area contributed by atoms with Gasteiger partial charge in [0.2, 0.25) is 0 Å². The number of aromatic nitrogens is 3. The fourth-order valence-electron chi connectivity index (χ4n) is 3.82. The van der Waals surface area contributed by atoms with Crippen molar-refractivity contribution in [1.29, 1.82) is 0 Å². The van der Waals surface area contributed by atoms with E-state index in [-0.39, 0.29) is 0 Å². The lowest BCUT2D eigenvalue weighted by atomic mass is 10.1. The van der Waals surface area contributed by atoms with Gasteiger partial charge in [-0.05, 0) is 49.9 Å². The maximum absolute atomic E-state index is 5.03. The van der Waals surface area contributed by atoms with Gasteiger partial charge in [-0.15, -0.1) is 0 Å². The number of fused-ring (bicyclic) bond motifs is 1. The van der Waals surface area contributed by atoms with Gasteiger partial charge < -0.3 is 9.80 Å². The van der Waals surface area contributed by atoms with E-state index in [1.807, 2.05) is 25.2 Å². The summed E-state index contributed by atoms with van der Waals surface area (Å²) >= 11 is 0. The van der Waals surface area contributed by atoms with Crippen LogP contribution < -0.4 is 9.80 Å². The largest absolute Gasteiger partial charge is 0.368 e. The van der Waals surface area contributed by atoms with Gasteiger partial charge in [0.05, 0.1) is 22.6 Å². The second kappa shape index (κ2) is 8.63. The molecule has 0 bridgehead atoms. The molecule has 0 amide bonds. The molecule has 0 aliphatic rings. The minimum Gasteiger partial charge on any atom is -0.368 e. The van der Waals surface area contributed by atoms with Crippen LogP contribution in [0, 0.1) is 6.92 Å². The van der Waals surface area contributed by atoms with Crippen LogP contribution in [0.25, 0.3) is 16.8 Å². The zero-order chi connectivity index (χ0) is 20.3. The summed E-state index contributed by atoms with van der Waals surface area (Å²) in [6, 6.07) is 8.62. The van der Waals surface area contributed by atoms with Crippen LogP contribution in [-0.4, -0.2) is 41.8 Å². The van der Waals surface area contributed by atoms with E-state index in [4.69, 9.17) is 5.10 Å². The van der Waals surface area contributed by atoms with Crippen LogP contribution in [0.15, 0.2) is 30.5 Å². The predicted molar refractivity (Wildman–Crippen MR) is 120 cm³/mol. The lowest BCUT2D eigenvalue weighted by Crippen LogP contribution is -2.25. The van der Waals surface area contributed by atoms with Crippen LogP contribution in [0.1, 0.15) is 44.9 Å². The van der Waals surface area contributed by atoms with Crippen molar-refractivity contribution in [2.24, 2.45) is 0 Å². The molecular formula is C23H33N5. The minimum atomic E-state index is 0.928. The number of hydrogen-bond acceptors (Lipinski definition) is 4. The third kappa shape index (κ3) is 3.71. The lowest BCUT2D eigenvalue weighted by molar-refractivity contribution is 0.742. The summed E-state index contributed by atoms with van der Waals surface area (Å²) in [6.45, 7) is 10.9. The molecule has 0 fully saturated rings. The van der Waals surface area contributed by atoms with Gasteiger partial charge in [0.1, 0.15) is 5.82 Å². The van der Waals surface area contributed by atoms with Crippen molar-refractivity contribution in [3.63, 3.8) is 0 Å². The van der Waals surface area contributed by atoms with Crippen LogP contribution in [0.3, 0.4) is 0 Å². The van der Waals surface area contributed by atoms with Crippen LogP contribution >= 0.6 is 0 Å². The van der Waals surface area contributed by atoms with Crippen LogP contribution in [0.5, 0.6) is 0 Å². The van der Waals surface area contributed by atoms with E-state index in [1.165, 1.54) is 22.5 Å². The van der Waals surface area contributed by atoms with E-state index in [0.717, 1.165) is 49.4 Å². The van der Waals surface area contributed by atoms with Crippen LogP contribution in [-0.2, 0) is 6.42 Å². The first-order valence-corrected chi connectivity index (χ1v) is 10.4. The molecule has 0 spiro atoms. The molecular weight excluding hydrogens is 346 g/mol. The highest BCUT2D eigenvalue weighted by atomic mass is 15.3. The molecule has 28 heavy (non-hydrogen) atoms. The van der Waals surface area contributed by atoms with Crippen molar-refractivity contribution in [2.75, 3.05) is 37.0 Å². The Hall–Kier alpha value is -2.56. The normalized spacial score (nSPS) is 11.2. The summed E-state index contributed by atoms with van der Waals surface area (Å²) in [5.41, 5.74) is 7.09. The van der Waals surface area contributed by atoms with Gasteiger partial charge in [0.25, 0.3) is 0 Å². The first kappa shape index (κ1) is 20.2. The Balaban J connectivity index is 2.19. The van der Waals surface area contributed by atoms with Crippen molar-refractivity contribution in [1.82, 2.24) is 14.6 Å². The number of rotatable bonds is 8. The Kier molecular flexibility index (Phi) is 6.22. The standard InChI is InChI=1S/C23H33N5/c1-7-13-27(14-8-2)23-19(9-3)25-28-20(11-10-12-21(23)28)18-16-24-22(26(5)6)15-17(18)4/h10-12,15-16H,7-9,13-14H2,1-6H3. The first-order chi connectivity index (χ1) is 13.5. The van der Waals surface area contributed by atoms with Gasteiger partial charge in [-0.1, -0.05) is 26.8 Å². The highest BCUT2D eigenvalue weighted by Crippen LogP contribution is 2.32. The quantitative estimate of drug-likeness (QED) is 0.554. The fraction of sp³-hybridized carbons (Fsp3) is 0.478. The molecule has 0 unspecified atom stereocenters.